The molecule has 1 aliphatic rings. The molecule has 2 rings (SSSR count). The number of nitrogens with two attached hydrogens (primary N) is 2. The van der Waals surface area contributed by atoms with E-state index in [9.17, 15) is 13.2 Å². The monoisotopic (exact) mass is 319 g/mol. The first-order chi connectivity index (χ1) is 8.82. The average molecular weight is 320 g/mol. The zero-order valence-electron chi connectivity index (χ0n) is 10.8. The van der Waals surface area contributed by atoms with E-state index in [4.69, 9.17) is 11.5 Å². The topological polar surface area (TPSA) is 115 Å². The van der Waals surface area contributed by atoms with Gasteiger partial charge in [-0.1, -0.05) is 0 Å². The Bertz CT molecular complexity index is 582. The van der Waals surface area contributed by atoms with Crippen LogP contribution in [-0.2, 0) is 10.0 Å². The Balaban J connectivity index is 0.00000200. The number of halogens is 1. The van der Waals surface area contributed by atoms with Gasteiger partial charge >= 0.3 is 0 Å². The van der Waals surface area contributed by atoms with E-state index in [1.54, 1.807) is 0 Å². The number of nitrogens with one attached hydrogen (secondary N) is 1. The first-order valence-corrected chi connectivity index (χ1v) is 7.49. The molecule has 1 amide bonds. The van der Waals surface area contributed by atoms with Gasteiger partial charge in [-0.15, -0.1) is 12.4 Å². The van der Waals surface area contributed by atoms with Gasteiger partial charge in [-0.05, 0) is 43.5 Å². The van der Waals surface area contributed by atoms with Gasteiger partial charge in [-0.2, -0.15) is 0 Å². The minimum absolute atomic E-state index is 0. The number of hydrogen-bond acceptors (Lipinski definition) is 4. The third kappa shape index (κ3) is 3.69. The van der Waals surface area contributed by atoms with E-state index in [0.717, 1.165) is 19.3 Å². The van der Waals surface area contributed by atoms with Crippen molar-refractivity contribution < 1.29 is 13.2 Å². The largest absolute Gasteiger partial charge is 0.366 e. The van der Waals surface area contributed by atoms with Crippen molar-refractivity contribution in [2.24, 2.45) is 11.5 Å². The predicted molar refractivity (Wildman–Crippen MR) is 78.2 cm³/mol. The third-order valence-corrected chi connectivity index (χ3v) is 4.83. The van der Waals surface area contributed by atoms with Crippen LogP contribution in [0.5, 0.6) is 0 Å². The van der Waals surface area contributed by atoms with Crippen molar-refractivity contribution in [1.29, 1.82) is 0 Å². The summed E-state index contributed by atoms with van der Waals surface area (Å²) in [5.41, 5.74) is 10.9. The fourth-order valence-electron chi connectivity index (χ4n) is 1.93. The Labute approximate surface area is 124 Å². The third-order valence-electron chi connectivity index (χ3n) is 3.41. The number of sulfonamides is 1. The standard InChI is InChI=1S/C12H17N3O3S.ClH/c13-11(16)9-2-4-10(5-3-9)19(17,18)15-8-12(14)6-1-7-12;/h2-5,15H,1,6-8,14H2,(H2,13,16);1H. The van der Waals surface area contributed by atoms with Gasteiger partial charge in [0, 0.05) is 17.6 Å². The summed E-state index contributed by atoms with van der Waals surface area (Å²) in [6.07, 6.45) is 2.69. The summed E-state index contributed by atoms with van der Waals surface area (Å²) in [7, 11) is -3.59. The molecule has 0 bridgehead atoms. The van der Waals surface area contributed by atoms with Crippen molar-refractivity contribution in [3.05, 3.63) is 29.8 Å². The van der Waals surface area contributed by atoms with Gasteiger partial charge in [0.15, 0.2) is 0 Å². The summed E-state index contributed by atoms with van der Waals surface area (Å²) < 4.78 is 26.5. The molecule has 1 saturated carbocycles. The van der Waals surface area contributed by atoms with Gasteiger partial charge in [-0.25, -0.2) is 13.1 Å². The second kappa shape index (κ2) is 6.09. The van der Waals surface area contributed by atoms with Gasteiger partial charge < -0.3 is 11.5 Å². The van der Waals surface area contributed by atoms with Crippen LogP contribution in [0.3, 0.4) is 0 Å². The van der Waals surface area contributed by atoms with E-state index < -0.39 is 21.5 Å². The lowest BCUT2D eigenvalue weighted by Gasteiger charge is -2.37. The lowest BCUT2D eigenvalue weighted by Crippen LogP contribution is -2.54. The molecule has 20 heavy (non-hydrogen) atoms. The van der Waals surface area contributed by atoms with Crippen LogP contribution in [0.15, 0.2) is 29.2 Å². The minimum Gasteiger partial charge on any atom is -0.366 e. The summed E-state index contributed by atoms with van der Waals surface area (Å²) in [5.74, 6) is -0.590. The first kappa shape index (κ1) is 16.9. The van der Waals surface area contributed by atoms with Crippen LogP contribution >= 0.6 is 12.4 Å². The predicted octanol–water partition coefficient (Wildman–Crippen LogP) is 0.367. The zero-order valence-corrected chi connectivity index (χ0v) is 12.5. The molecule has 1 fully saturated rings. The molecule has 0 aromatic heterocycles. The fraction of sp³-hybridized carbons (Fsp3) is 0.417. The van der Waals surface area contributed by atoms with Crippen molar-refractivity contribution in [2.75, 3.05) is 6.54 Å². The number of carbonyl (C=O) groups excluding carboxylic acids is 1. The highest BCUT2D eigenvalue weighted by Crippen LogP contribution is 2.28. The van der Waals surface area contributed by atoms with Crippen LogP contribution in [0.25, 0.3) is 0 Å². The summed E-state index contributed by atoms with van der Waals surface area (Å²) in [6, 6.07) is 5.48. The average Bonchev–Trinajstić information content (AvgIpc) is 2.34. The molecule has 0 unspecified atom stereocenters. The number of hydrogen-bond donors (Lipinski definition) is 3. The molecule has 1 aliphatic carbocycles. The van der Waals surface area contributed by atoms with Crippen LogP contribution in [0.2, 0.25) is 0 Å². The molecule has 6 nitrogen and oxygen atoms in total. The number of benzene rings is 1. The molecule has 112 valence electrons. The second-order valence-electron chi connectivity index (χ2n) is 4.93. The lowest BCUT2D eigenvalue weighted by molar-refractivity contribution is 0.1000. The normalized spacial score (nSPS) is 16.9. The fourth-order valence-corrected chi connectivity index (χ4v) is 3.07. The smallest absolute Gasteiger partial charge is 0.248 e. The van der Waals surface area contributed by atoms with Crippen LogP contribution in [0, 0.1) is 0 Å². The van der Waals surface area contributed by atoms with Gasteiger partial charge in [0.05, 0.1) is 4.90 Å². The maximum atomic E-state index is 12.0. The van der Waals surface area contributed by atoms with E-state index in [0.29, 0.717) is 0 Å². The van der Waals surface area contributed by atoms with Crippen molar-refractivity contribution in [2.45, 2.75) is 29.7 Å². The van der Waals surface area contributed by atoms with Crippen LogP contribution in [0.1, 0.15) is 29.6 Å². The summed E-state index contributed by atoms with van der Waals surface area (Å²) in [4.78, 5) is 11.0. The van der Waals surface area contributed by atoms with E-state index in [2.05, 4.69) is 4.72 Å². The number of primary amides is 1. The molecule has 0 spiro atoms. The van der Waals surface area contributed by atoms with Crippen molar-refractivity contribution in [3.8, 4) is 0 Å². The van der Waals surface area contributed by atoms with Crippen molar-refractivity contribution >= 4 is 28.3 Å². The zero-order chi connectivity index (χ0) is 14.1. The summed E-state index contributed by atoms with van der Waals surface area (Å²) in [6.45, 7) is 0.229. The lowest BCUT2D eigenvalue weighted by atomic mass is 9.78. The van der Waals surface area contributed by atoms with Crippen LogP contribution in [0.4, 0.5) is 0 Å². The van der Waals surface area contributed by atoms with E-state index >= 15 is 0 Å². The van der Waals surface area contributed by atoms with E-state index in [1.807, 2.05) is 0 Å². The molecule has 1 aromatic rings. The molecule has 1 aromatic carbocycles. The highest BCUT2D eigenvalue weighted by molar-refractivity contribution is 7.89. The molecule has 0 aliphatic heterocycles. The Kier molecular flexibility index (Phi) is 5.15. The molecule has 0 heterocycles. The molecule has 5 N–H and O–H groups in total. The van der Waals surface area contributed by atoms with Gasteiger partial charge in [-0.3, -0.25) is 4.79 Å². The van der Waals surface area contributed by atoms with Crippen molar-refractivity contribution in [1.82, 2.24) is 4.72 Å². The maximum Gasteiger partial charge on any atom is 0.248 e. The Morgan fingerprint density at radius 2 is 1.80 bits per heavy atom. The summed E-state index contributed by atoms with van der Waals surface area (Å²) >= 11 is 0. The van der Waals surface area contributed by atoms with Crippen LogP contribution < -0.4 is 16.2 Å². The number of rotatable bonds is 5. The second-order valence-corrected chi connectivity index (χ2v) is 6.70. The molecule has 8 heteroatoms. The minimum atomic E-state index is -3.59. The molecular weight excluding hydrogens is 302 g/mol. The van der Waals surface area contributed by atoms with Gasteiger partial charge in [0.1, 0.15) is 0 Å². The van der Waals surface area contributed by atoms with Crippen molar-refractivity contribution in [3.63, 3.8) is 0 Å². The van der Waals surface area contributed by atoms with E-state index in [-0.39, 0.29) is 29.4 Å². The Morgan fingerprint density at radius 3 is 2.20 bits per heavy atom. The number of amides is 1. The first-order valence-electron chi connectivity index (χ1n) is 6.01. The Hall–Kier alpha value is -1.15. The molecule has 0 saturated heterocycles. The maximum absolute atomic E-state index is 12.0. The Morgan fingerprint density at radius 1 is 1.25 bits per heavy atom. The SMILES string of the molecule is Cl.NC(=O)c1ccc(S(=O)(=O)NCC2(N)CCC2)cc1. The van der Waals surface area contributed by atoms with Crippen LogP contribution in [-0.4, -0.2) is 26.4 Å². The molecule has 0 radical (unpaired) electrons. The summed E-state index contributed by atoms with van der Waals surface area (Å²) in [5, 5.41) is 0. The number of carbonyl (C=O) groups is 1. The molecule has 0 atom stereocenters. The van der Waals surface area contributed by atoms with E-state index in [1.165, 1.54) is 24.3 Å². The highest BCUT2D eigenvalue weighted by Gasteiger charge is 2.33. The van der Waals surface area contributed by atoms with Gasteiger partial charge in [0.25, 0.3) is 0 Å². The van der Waals surface area contributed by atoms with Gasteiger partial charge in [0.2, 0.25) is 15.9 Å². The highest BCUT2D eigenvalue weighted by atomic mass is 35.5. The quantitative estimate of drug-likeness (QED) is 0.727. The molecular formula is C12H18ClN3O3S.